The Hall–Kier alpha value is -1.82. The molecular weight excluding hydrogens is 328 g/mol. The summed E-state index contributed by atoms with van der Waals surface area (Å²) in [6.45, 7) is 4.11. The first-order chi connectivity index (χ1) is 11.5. The maximum absolute atomic E-state index is 12.6. The Kier molecular flexibility index (Phi) is 5.23. The van der Waals surface area contributed by atoms with Gasteiger partial charge in [0.2, 0.25) is 0 Å². The Bertz CT molecular complexity index is 699. The molecule has 1 amide bonds. The molecule has 128 valence electrons. The standard InChI is InChI=1S/C18H21ClN2O3/c1-12-7-9-24-17(12)18(22)20-16(13-3-5-14(19)6-4-13)15-11-21(2)8-10-23-15/h3-7,9,15-16H,8,10-11H2,1-2H3,(H,20,22). The summed E-state index contributed by atoms with van der Waals surface area (Å²) in [5.41, 5.74) is 1.77. The van der Waals surface area contributed by atoms with Gasteiger partial charge in [0, 0.05) is 23.7 Å². The number of furan rings is 1. The van der Waals surface area contributed by atoms with Gasteiger partial charge in [0.1, 0.15) is 0 Å². The van der Waals surface area contributed by atoms with E-state index in [2.05, 4.69) is 10.2 Å². The Morgan fingerprint density at radius 1 is 1.33 bits per heavy atom. The third-order valence-electron chi connectivity index (χ3n) is 4.25. The average molecular weight is 349 g/mol. The van der Waals surface area contributed by atoms with Gasteiger partial charge in [0.25, 0.3) is 5.91 Å². The highest BCUT2D eigenvalue weighted by Gasteiger charge is 2.30. The van der Waals surface area contributed by atoms with Gasteiger partial charge in [0.05, 0.1) is 25.0 Å². The summed E-state index contributed by atoms with van der Waals surface area (Å²) in [5.74, 6) is 0.0902. The molecule has 2 unspecified atom stereocenters. The number of carbonyl (C=O) groups excluding carboxylic acids is 1. The first-order valence-corrected chi connectivity index (χ1v) is 8.33. The number of hydrogen-bond donors (Lipinski definition) is 1. The molecule has 1 aliphatic heterocycles. The van der Waals surface area contributed by atoms with Gasteiger partial charge in [-0.2, -0.15) is 0 Å². The predicted octanol–water partition coefficient (Wildman–Crippen LogP) is 3.04. The molecular formula is C18H21ClN2O3. The van der Waals surface area contributed by atoms with Crippen molar-refractivity contribution in [2.75, 3.05) is 26.7 Å². The van der Waals surface area contributed by atoms with E-state index in [9.17, 15) is 4.79 Å². The minimum atomic E-state index is -0.276. The maximum atomic E-state index is 12.6. The molecule has 0 radical (unpaired) electrons. The first-order valence-electron chi connectivity index (χ1n) is 7.95. The highest BCUT2D eigenvalue weighted by Crippen LogP contribution is 2.24. The number of carbonyl (C=O) groups is 1. The van der Waals surface area contributed by atoms with E-state index < -0.39 is 0 Å². The zero-order chi connectivity index (χ0) is 17.1. The molecule has 5 nitrogen and oxygen atoms in total. The SMILES string of the molecule is Cc1ccoc1C(=O)NC(c1ccc(Cl)cc1)C1CN(C)CCO1. The zero-order valence-corrected chi connectivity index (χ0v) is 14.5. The number of ether oxygens (including phenoxy) is 1. The van der Waals surface area contributed by atoms with Crippen molar-refractivity contribution < 1.29 is 13.9 Å². The molecule has 0 bridgehead atoms. The van der Waals surface area contributed by atoms with Gasteiger partial charge in [0.15, 0.2) is 5.76 Å². The lowest BCUT2D eigenvalue weighted by molar-refractivity contribution is -0.0382. The van der Waals surface area contributed by atoms with Crippen LogP contribution in [0.4, 0.5) is 0 Å². The topological polar surface area (TPSA) is 54.7 Å². The van der Waals surface area contributed by atoms with E-state index in [-0.39, 0.29) is 18.1 Å². The van der Waals surface area contributed by atoms with Crippen LogP contribution in [0.5, 0.6) is 0 Å². The van der Waals surface area contributed by atoms with Crippen LogP contribution in [-0.4, -0.2) is 43.7 Å². The van der Waals surface area contributed by atoms with Gasteiger partial charge in [-0.25, -0.2) is 0 Å². The number of aryl methyl sites for hydroxylation is 1. The van der Waals surface area contributed by atoms with Crippen molar-refractivity contribution >= 4 is 17.5 Å². The molecule has 2 atom stereocenters. The van der Waals surface area contributed by atoms with E-state index in [1.54, 1.807) is 6.07 Å². The second kappa shape index (κ2) is 7.38. The van der Waals surface area contributed by atoms with E-state index in [4.69, 9.17) is 20.8 Å². The molecule has 6 heteroatoms. The largest absolute Gasteiger partial charge is 0.459 e. The molecule has 0 saturated carbocycles. The normalized spacial score (nSPS) is 19.9. The zero-order valence-electron chi connectivity index (χ0n) is 13.8. The number of benzene rings is 1. The number of nitrogens with zero attached hydrogens (tertiary/aromatic N) is 1. The second-order valence-electron chi connectivity index (χ2n) is 6.11. The Morgan fingerprint density at radius 3 is 2.71 bits per heavy atom. The van der Waals surface area contributed by atoms with Crippen molar-refractivity contribution in [1.29, 1.82) is 0 Å². The lowest BCUT2D eigenvalue weighted by atomic mass is 9.99. The van der Waals surface area contributed by atoms with Crippen LogP contribution in [0.3, 0.4) is 0 Å². The van der Waals surface area contributed by atoms with Gasteiger partial charge in [-0.3, -0.25) is 4.79 Å². The summed E-state index contributed by atoms with van der Waals surface area (Å²) in [7, 11) is 2.05. The van der Waals surface area contributed by atoms with Crippen LogP contribution in [0.1, 0.15) is 27.7 Å². The number of amides is 1. The second-order valence-corrected chi connectivity index (χ2v) is 6.54. The van der Waals surface area contributed by atoms with Crippen molar-refractivity contribution in [3.05, 3.63) is 58.5 Å². The molecule has 24 heavy (non-hydrogen) atoms. The average Bonchev–Trinajstić information content (AvgIpc) is 2.99. The number of hydrogen-bond acceptors (Lipinski definition) is 4. The summed E-state index contributed by atoms with van der Waals surface area (Å²) in [6, 6.07) is 8.97. The summed E-state index contributed by atoms with van der Waals surface area (Å²) in [4.78, 5) is 14.8. The molecule has 2 heterocycles. The van der Waals surface area contributed by atoms with Crippen LogP contribution in [0.25, 0.3) is 0 Å². The molecule has 1 N–H and O–H groups in total. The lowest BCUT2D eigenvalue weighted by Gasteiger charge is -2.35. The third kappa shape index (κ3) is 3.80. The Morgan fingerprint density at radius 2 is 2.08 bits per heavy atom. The summed E-state index contributed by atoms with van der Waals surface area (Å²) >= 11 is 5.99. The van der Waals surface area contributed by atoms with Crippen molar-refractivity contribution in [3.63, 3.8) is 0 Å². The van der Waals surface area contributed by atoms with Crippen molar-refractivity contribution in [2.45, 2.75) is 19.1 Å². The number of halogens is 1. The summed E-state index contributed by atoms with van der Waals surface area (Å²) in [6.07, 6.45) is 1.39. The monoisotopic (exact) mass is 348 g/mol. The van der Waals surface area contributed by atoms with E-state index >= 15 is 0 Å². The fourth-order valence-electron chi connectivity index (χ4n) is 2.89. The predicted molar refractivity (Wildman–Crippen MR) is 92.3 cm³/mol. The van der Waals surface area contributed by atoms with Crippen LogP contribution >= 0.6 is 11.6 Å². The molecule has 0 spiro atoms. The highest BCUT2D eigenvalue weighted by atomic mass is 35.5. The van der Waals surface area contributed by atoms with Crippen LogP contribution in [0.2, 0.25) is 5.02 Å². The summed E-state index contributed by atoms with van der Waals surface area (Å²) < 4.78 is 11.2. The molecule has 1 saturated heterocycles. The van der Waals surface area contributed by atoms with E-state index in [0.29, 0.717) is 17.4 Å². The minimum absolute atomic E-state index is 0.135. The fraction of sp³-hybridized carbons (Fsp3) is 0.389. The van der Waals surface area contributed by atoms with Crippen molar-refractivity contribution in [1.82, 2.24) is 10.2 Å². The van der Waals surface area contributed by atoms with Crippen molar-refractivity contribution in [2.24, 2.45) is 0 Å². The quantitative estimate of drug-likeness (QED) is 0.922. The highest BCUT2D eigenvalue weighted by molar-refractivity contribution is 6.30. The number of nitrogens with one attached hydrogen (secondary N) is 1. The third-order valence-corrected chi connectivity index (χ3v) is 4.50. The van der Waals surface area contributed by atoms with E-state index in [0.717, 1.165) is 24.2 Å². The fourth-order valence-corrected chi connectivity index (χ4v) is 3.01. The van der Waals surface area contributed by atoms with Crippen LogP contribution < -0.4 is 5.32 Å². The van der Waals surface area contributed by atoms with E-state index in [1.165, 1.54) is 6.26 Å². The smallest absolute Gasteiger partial charge is 0.287 e. The molecule has 3 rings (SSSR count). The van der Waals surface area contributed by atoms with Crippen molar-refractivity contribution in [3.8, 4) is 0 Å². The Balaban J connectivity index is 1.85. The number of rotatable bonds is 4. The van der Waals surface area contributed by atoms with Gasteiger partial charge < -0.3 is 19.4 Å². The Labute approximate surface area is 146 Å². The maximum Gasteiger partial charge on any atom is 0.287 e. The number of morpholine rings is 1. The minimum Gasteiger partial charge on any atom is -0.459 e. The van der Waals surface area contributed by atoms with Gasteiger partial charge in [-0.15, -0.1) is 0 Å². The molecule has 1 fully saturated rings. The van der Waals surface area contributed by atoms with Crippen LogP contribution in [-0.2, 0) is 4.74 Å². The molecule has 1 aliphatic rings. The summed E-state index contributed by atoms with van der Waals surface area (Å²) in [5, 5.41) is 3.72. The molecule has 1 aromatic heterocycles. The molecule has 1 aromatic carbocycles. The van der Waals surface area contributed by atoms with Gasteiger partial charge in [-0.1, -0.05) is 23.7 Å². The van der Waals surface area contributed by atoms with Gasteiger partial charge in [-0.05, 0) is 37.7 Å². The van der Waals surface area contributed by atoms with Gasteiger partial charge >= 0.3 is 0 Å². The first kappa shape index (κ1) is 17.0. The molecule has 2 aromatic rings. The van der Waals surface area contributed by atoms with Crippen LogP contribution in [0.15, 0.2) is 41.0 Å². The lowest BCUT2D eigenvalue weighted by Crippen LogP contribution is -2.48. The van der Waals surface area contributed by atoms with Crippen LogP contribution in [0, 0.1) is 6.92 Å². The van der Waals surface area contributed by atoms with E-state index in [1.807, 2.05) is 38.2 Å². The molecule has 0 aliphatic carbocycles. The number of likely N-dealkylation sites (N-methyl/N-ethyl adjacent to an activating group) is 1.